The topological polar surface area (TPSA) is 29.5 Å². The van der Waals surface area contributed by atoms with Gasteiger partial charge in [-0.15, -0.1) is 0 Å². The van der Waals surface area contributed by atoms with Crippen LogP contribution in [0.25, 0.3) is 0 Å². The molecule has 0 fully saturated rings. The summed E-state index contributed by atoms with van der Waals surface area (Å²) in [7, 11) is 0. The van der Waals surface area contributed by atoms with Crippen molar-refractivity contribution in [3.63, 3.8) is 0 Å². The van der Waals surface area contributed by atoms with Gasteiger partial charge in [-0.3, -0.25) is 0 Å². The Morgan fingerprint density at radius 3 is 1.81 bits per heavy atom. The van der Waals surface area contributed by atoms with Gasteiger partial charge < -0.3 is 9.84 Å². The van der Waals surface area contributed by atoms with E-state index in [4.69, 9.17) is 5.11 Å². The van der Waals surface area contributed by atoms with Gasteiger partial charge in [-0.05, 0) is 19.8 Å². The summed E-state index contributed by atoms with van der Waals surface area (Å²) in [5, 5.41) is 8.74. The first-order valence-electron chi connectivity index (χ1n) is 4.48. The molecule has 16 heavy (non-hydrogen) atoms. The maximum absolute atomic E-state index is 11.9. The molecule has 0 saturated carbocycles. The average molecular weight is 254 g/mol. The summed E-state index contributed by atoms with van der Waals surface area (Å²) in [5.74, 6) is 0. The monoisotopic (exact) mass is 254 g/mol. The molecule has 1 unspecified atom stereocenters. The minimum absolute atomic E-state index is 0.0691. The number of alkyl halides is 6. The summed E-state index contributed by atoms with van der Waals surface area (Å²) in [5.41, 5.74) is 0. The van der Waals surface area contributed by atoms with Gasteiger partial charge in [-0.25, -0.2) is 0 Å². The van der Waals surface area contributed by atoms with Crippen LogP contribution in [0.15, 0.2) is 0 Å². The molecule has 0 radical (unpaired) electrons. The Balaban J connectivity index is 4.16. The Bertz CT molecular complexity index is 184. The molecule has 98 valence electrons. The van der Waals surface area contributed by atoms with E-state index in [-0.39, 0.29) is 12.8 Å². The fraction of sp³-hybridized carbons (Fsp3) is 1.00. The summed E-state index contributed by atoms with van der Waals surface area (Å²) in [6, 6.07) is 0. The molecule has 1 atom stereocenters. The van der Waals surface area contributed by atoms with Crippen LogP contribution in [0.5, 0.6) is 0 Å². The first-order valence-corrected chi connectivity index (χ1v) is 4.48. The van der Waals surface area contributed by atoms with Crippen LogP contribution in [0.3, 0.4) is 0 Å². The van der Waals surface area contributed by atoms with Gasteiger partial charge in [0.2, 0.25) is 6.10 Å². The molecule has 0 aromatic carbocycles. The third-order valence-corrected chi connectivity index (χ3v) is 1.65. The summed E-state index contributed by atoms with van der Waals surface area (Å²) >= 11 is 0. The summed E-state index contributed by atoms with van der Waals surface area (Å²) in [6.45, 7) is 0.680. The number of hydrogen-bond acceptors (Lipinski definition) is 2. The third-order valence-electron chi connectivity index (χ3n) is 1.65. The molecule has 0 amide bonds. The normalized spacial score (nSPS) is 15.6. The lowest BCUT2D eigenvalue weighted by atomic mass is 10.2. The highest BCUT2D eigenvalue weighted by Gasteiger charge is 2.57. The largest absolute Gasteiger partial charge is 0.423 e. The van der Waals surface area contributed by atoms with Crippen LogP contribution in [0.1, 0.15) is 19.8 Å². The maximum atomic E-state index is 11.9. The lowest BCUT2D eigenvalue weighted by Crippen LogP contribution is -2.44. The first kappa shape index (κ1) is 15.5. The molecular formula is C8H12F6O2. The predicted octanol–water partition coefficient (Wildman–Crippen LogP) is 2.66. The van der Waals surface area contributed by atoms with Crippen LogP contribution in [0.4, 0.5) is 26.3 Å². The molecule has 0 rings (SSSR count). The molecule has 0 heterocycles. The average Bonchev–Trinajstić information content (AvgIpc) is 1.97. The number of rotatable bonds is 5. The molecule has 1 N–H and O–H groups in total. The molecule has 0 spiro atoms. The van der Waals surface area contributed by atoms with Gasteiger partial charge in [0.05, 0.1) is 6.10 Å². The van der Waals surface area contributed by atoms with Crippen LogP contribution in [0.2, 0.25) is 0 Å². The zero-order chi connectivity index (χ0) is 13.0. The van der Waals surface area contributed by atoms with E-state index in [2.05, 4.69) is 4.74 Å². The van der Waals surface area contributed by atoms with Crippen LogP contribution in [-0.2, 0) is 4.74 Å². The molecule has 0 aliphatic heterocycles. The molecule has 8 heteroatoms. The van der Waals surface area contributed by atoms with Gasteiger partial charge in [-0.2, -0.15) is 26.3 Å². The lowest BCUT2D eigenvalue weighted by molar-refractivity contribution is -0.321. The van der Waals surface area contributed by atoms with E-state index in [0.717, 1.165) is 0 Å². The number of hydrogen-bond donors (Lipinski definition) is 1. The standard InChI is InChI=1S/C8H12F6O2/c1-5(15)3-2-4-16-6(7(9,10)11)8(12,13)14/h5-6,15H,2-4H2,1H3. The number of halogens is 6. The van der Waals surface area contributed by atoms with Crippen molar-refractivity contribution in [1.82, 2.24) is 0 Å². The van der Waals surface area contributed by atoms with Crippen LogP contribution < -0.4 is 0 Å². The van der Waals surface area contributed by atoms with Gasteiger partial charge >= 0.3 is 12.4 Å². The van der Waals surface area contributed by atoms with E-state index >= 15 is 0 Å². The number of aliphatic hydroxyl groups is 1. The van der Waals surface area contributed by atoms with Crippen molar-refractivity contribution in [3.05, 3.63) is 0 Å². The summed E-state index contributed by atoms with van der Waals surface area (Å²) < 4.78 is 75.2. The highest BCUT2D eigenvalue weighted by atomic mass is 19.4. The quantitative estimate of drug-likeness (QED) is 0.603. The van der Waals surface area contributed by atoms with Crippen molar-refractivity contribution in [2.24, 2.45) is 0 Å². The van der Waals surface area contributed by atoms with E-state index in [1.54, 1.807) is 0 Å². The van der Waals surface area contributed by atoms with Gasteiger partial charge in [0.15, 0.2) is 0 Å². The fourth-order valence-corrected chi connectivity index (χ4v) is 0.954. The minimum Gasteiger partial charge on any atom is -0.393 e. The van der Waals surface area contributed by atoms with Crippen molar-refractivity contribution in [3.8, 4) is 0 Å². The lowest BCUT2D eigenvalue weighted by Gasteiger charge is -2.23. The zero-order valence-corrected chi connectivity index (χ0v) is 8.40. The van der Waals surface area contributed by atoms with Gasteiger partial charge in [0, 0.05) is 6.61 Å². The zero-order valence-electron chi connectivity index (χ0n) is 8.40. The Labute approximate surface area is 88.2 Å². The van der Waals surface area contributed by atoms with Crippen LogP contribution in [0, 0.1) is 0 Å². The second kappa shape index (κ2) is 5.72. The van der Waals surface area contributed by atoms with Crippen molar-refractivity contribution >= 4 is 0 Å². The molecule has 0 aromatic rings. The van der Waals surface area contributed by atoms with Crippen molar-refractivity contribution in [2.45, 2.75) is 44.3 Å². The summed E-state index contributed by atoms with van der Waals surface area (Å²) in [4.78, 5) is 0. The molecule has 0 aromatic heterocycles. The Kier molecular flexibility index (Phi) is 5.54. The highest BCUT2D eigenvalue weighted by Crippen LogP contribution is 2.35. The van der Waals surface area contributed by atoms with E-state index in [0.29, 0.717) is 0 Å². The third kappa shape index (κ3) is 6.16. The highest BCUT2D eigenvalue weighted by molar-refractivity contribution is 4.75. The Morgan fingerprint density at radius 2 is 1.50 bits per heavy atom. The maximum Gasteiger partial charge on any atom is 0.423 e. The molecule has 0 bridgehead atoms. The smallest absolute Gasteiger partial charge is 0.393 e. The SMILES string of the molecule is CC(O)CCCOC(C(F)(F)F)C(F)(F)F. The van der Waals surface area contributed by atoms with E-state index in [9.17, 15) is 26.3 Å². The molecule has 0 aliphatic carbocycles. The molecule has 0 aliphatic rings. The van der Waals surface area contributed by atoms with Crippen LogP contribution in [-0.4, -0.2) is 36.3 Å². The Morgan fingerprint density at radius 1 is 1.06 bits per heavy atom. The minimum atomic E-state index is -5.47. The van der Waals surface area contributed by atoms with Gasteiger partial charge in [0.1, 0.15) is 0 Å². The van der Waals surface area contributed by atoms with E-state index in [1.807, 2.05) is 0 Å². The number of ether oxygens (including phenoxy) is 1. The van der Waals surface area contributed by atoms with E-state index < -0.39 is 31.2 Å². The van der Waals surface area contributed by atoms with E-state index in [1.165, 1.54) is 6.92 Å². The molecular weight excluding hydrogens is 242 g/mol. The molecule has 0 saturated heterocycles. The number of aliphatic hydroxyl groups excluding tert-OH is 1. The van der Waals surface area contributed by atoms with Gasteiger partial charge in [-0.1, -0.05) is 0 Å². The predicted molar refractivity (Wildman–Crippen MR) is 42.8 cm³/mol. The second-order valence-corrected chi connectivity index (χ2v) is 3.33. The van der Waals surface area contributed by atoms with Crippen molar-refractivity contribution < 1.29 is 36.2 Å². The summed E-state index contributed by atoms with van der Waals surface area (Å²) in [6.07, 6.45) is -15.5. The molecule has 2 nitrogen and oxygen atoms in total. The van der Waals surface area contributed by atoms with Crippen molar-refractivity contribution in [2.75, 3.05) is 6.61 Å². The van der Waals surface area contributed by atoms with Crippen molar-refractivity contribution in [1.29, 1.82) is 0 Å². The second-order valence-electron chi connectivity index (χ2n) is 3.33. The van der Waals surface area contributed by atoms with Gasteiger partial charge in [0.25, 0.3) is 0 Å². The Hall–Kier alpha value is -0.500. The van der Waals surface area contributed by atoms with Crippen LogP contribution >= 0.6 is 0 Å². The first-order chi connectivity index (χ1) is 7.05. The fourth-order valence-electron chi connectivity index (χ4n) is 0.954.